The monoisotopic (exact) mass is 386 g/mol. The summed E-state index contributed by atoms with van der Waals surface area (Å²) in [6, 6.07) is 13.9. The molecule has 3 atom stereocenters. The van der Waals surface area contributed by atoms with E-state index in [1.807, 2.05) is 35.2 Å². The Morgan fingerprint density at radius 1 is 1.07 bits per heavy atom. The van der Waals surface area contributed by atoms with E-state index in [2.05, 4.69) is 0 Å². The minimum atomic E-state index is -0.563. The Labute approximate surface area is 162 Å². The molecule has 27 heavy (non-hydrogen) atoms. The summed E-state index contributed by atoms with van der Waals surface area (Å²) in [5.41, 5.74) is 1.07. The van der Waals surface area contributed by atoms with Crippen molar-refractivity contribution < 1.29 is 14.0 Å². The maximum absolute atomic E-state index is 14.1. The van der Waals surface area contributed by atoms with Crippen LogP contribution in [-0.4, -0.2) is 41.2 Å². The van der Waals surface area contributed by atoms with Crippen LogP contribution in [0.4, 0.5) is 4.39 Å². The predicted octanol–water partition coefficient (Wildman–Crippen LogP) is 3.77. The molecule has 0 N–H and O–H groups in total. The molecule has 4 nitrogen and oxygen atoms in total. The molecule has 6 heteroatoms. The summed E-state index contributed by atoms with van der Waals surface area (Å²) >= 11 is 5.94. The van der Waals surface area contributed by atoms with Crippen LogP contribution in [0, 0.1) is 17.7 Å². The predicted molar refractivity (Wildman–Crippen MR) is 101 cm³/mol. The number of amides is 2. The largest absolute Gasteiger partial charge is 0.338 e. The molecule has 140 valence electrons. The molecule has 0 aliphatic carbocycles. The van der Waals surface area contributed by atoms with Gasteiger partial charge in [0.25, 0.3) is 5.91 Å². The summed E-state index contributed by atoms with van der Waals surface area (Å²) in [4.78, 5) is 28.6. The van der Waals surface area contributed by atoms with Crippen molar-refractivity contribution in [1.82, 2.24) is 9.80 Å². The van der Waals surface area contributed by atoms with Crippen LogP contribution in [0.3, 0.4) is 0 Å². The van der Waals surface area contributed by atoms with E-state index in [0.29, 0.717) is 24.7 Å². The molecule has 0 unspecified atom stereocenters. The van der Waals surface area contributed by atoms with Gasteiger partial charge in [-0.05, 0) is 23.8 Å². The summed E-state index contributed by atoms with van der Waals surface area (Å²) in [7, 11) is 0. The number of rotatable bonds is 2. The molecule has 0 aromatic heterocycles. The molecule has 2 aliphatic rings. The van der Waals surface area contributed by atoms with Crippen molar-refractivity contribution in [3.8, 4) is 0 Å². The van der Waals surface area contributed by atoms with E-state index < -0.39 is 5.82 Å². The topological polar surface area (TPSA) is 40.6 Å². The minimum absolute atomic E-state index is 0.00200. The zero-order valence-electron chi connectivity index (χ0n) is 14.9. The van der Waals surface area contributed by atoms with Crippen molar-refractivity contribution >= 4 is 23.4 Å². The molecule has 2 aromatic carbocycles. The first-order valence-corrected chi connectivity index (χ1v) is 9.40. The third kappa shape index (κ3) is 3.21. The number of halogens is 2. The van der Waals surface area contributed by atoms with Crippen LogP contribution < -0.4 is 0 Å². The molecular weight excluding hydrogens is 367 g/mol. The fourth-order valence-electron chi connectivity index (χ4n) is 4.44. The number of nitrogens with zero attached hydrogens (tertiary/aromatic N) is 2. The summed E-state index contributed by atoms with van der Waals surface area (Å²) in [5.74, 6) is -0.540. The van der Waals surface area contributed by atoms with Crippen molar-refractivity contribution in [2.24, 2.45) is 11.8 Å². The Hall–Kier alpha value is -2.40. The maximum atomic E-state index is 14.1. The highest BCUT2D eigenvalue weighted by Gasteiger charge is 2.49. The number of hydrogen-bond acceptors (Lipinski definition) is 2. The van der Waals surface area contributed by atoms with E-state index in [4.69, 9.17) is 11.6 Å². The van der Waals surface area contributed by atoms with Gasteiger partial charge in [-0.25, -0.2) is 4.39 Å². The van der Waals surface area contributed by atoms with Crippen LogP contribution in [0.15, 0.2) is 48.5 Å². The molecule has 2 aromatic rings. The van der Waals surface area contributed by atoms with Crippen molar-refractivity contribution in [1.29, 1.82) is 0 Å². The normalized spacial score (nSPS) is 24.2. The second-order valence-corrected chi connectivity index (χ2v) is 7.72. The zero-order valence-corrected chi connectivity index (χ0v) is 15.7. The number of carbonyl (C=O) groups is 2. The zero-order chi connectivity index (χ0) is 19.1. The Morgan fingerprint density at radius 3 is 2.52 bits per heavy atom. The first-order valence-electron chi connectivity index (χ1n) is 9.02. The Kier molecular flexibility index (Phi) is 4.64. The number of hydrogen-bond donors (Lipinski definition) is 0. The average Bonchev–Trinajstić information content (AvgIpc) is 3.21. The highest BCUT2D eigenvalue weighted by molar-refractivity contribution is 6.31. The second-order valence-electron chi connectivity index (χ2n) is 7.29. The van der Waals surface area contributed by atoms with E-state index in [9.17, 15) is 14.0 Å². The van der Waals surface area contributed by atoms with Gasteiger partial charge in [-0.3, -0.25) is 9.59 Å². The molecule has 2 heterocycles. The van der Waals surface area contributed by atoms with Gasteiger partial charge in [0, 0.05) is 43.4 Å². The smallest absolute Gasteiger partial charge is 0.256 e. The molecule has 0 spiro atoms. The molecule has 2 amide bonds. The third-order valence-electron chi connectivity index (χ3n) is 5.66. The summed E-state index contributed by atoms with van der Waals surface area (Å²) in [6.07, 6.45) is 0. The quantitative estimate of drug-likeness (QED) is 0.788. The van der Waals surface area contributed by atoms with Crippen LogP contribution in [0.25, 0.3) is 0 Å². The first-order chi connectivity index (χ1) is 13.0. The highest BCUT2D eigenvalue weighted by Crippen LogP contribution is 2.45. The van der Waals surface area contributed by atoms with Gasteiger partial charge < -0.3 is 9.80 Å². The van der Waals surface area contributed by atoms with Gasteiger partial charge in [-0.15, -0.1) is 0 Å². The Bertz CT molecular complexity index is 889. The van der Waals surface area contributed by atoms with E-state index in [1.165, 1.54) is 18.2 Å². The van der Waals surface area contributed by atoms with Crippen molar-refractivity contribution in [2.45, 2.75) is 13.0 Å². The molecular formula is C21H20ClFN2O2. The maximum Gasteiger partial charge on any atom is 0.256 e. The molecule has 0 bridgehead atoms. The first kappa shape index (κ1) is 18.0. The van der Waals surface area contributed by atoms with Crippen LogP contribution in [0.1, 0.15) is 28.9 Å². The molecule has 2 aliphatic heterocycles. The van der Waals surface area contributed by atoms with E-state index in [1.54, 1.807) is 11.8 Å². The van der Waals surface area contributed by atoms with Gasteiger partial charge in [0.1, 0.15) is 5.82 Å². The summed E-state index contributed by atoms with van der Waals surface area (Å²) in [6.45, 7) is 3.21. The van der Waals surface area contributed by atoms with Gasteiger partial charge in [0.15, 0.2) is 0 Å². The van der Waals surface area contributed by atoms with Crippen LogP contribution in [-0.2, 0) is 4.79 Å². The summed E-state index contributed by atoms with van der Waals surface area (Å²) in [5, 5.41) is 0.337. The molecule has 0 saturated carbocycles. The minimum Gasteiger partial charge on any atom is -0.338 e. The molecule has 2 fully saturated rings. The number of carbonyl (C=O) groups excluding carboxylic acids is 2. The number of fused-ring (bicyclic) bond motifs is 1. The van der Waals surface area contributed by atoms with Crippen molar-refractivity contribution in [3.63, 3.8) is 0 Å². The summed E-state index contributed by atoms with van der Waals surface area (Å²) < 4.78 is 14.1. The lowest BCUT2D eigenvalue weighted by molar-refractivity contribution is -0.130. The molecule has 4 rings (SSSR count). The Morgan fingerprint density at radius 2 is 1.81 bits per heavy atom. The Balaban J connectivity index is 1.60. The van der Waals surface area contributed by atoms with Gasteiger partial charge in [-0.1, -0.05) is 41.9 Å². The van der Waals surface area contributed by atoms with E-state index in [0.717, 1.165) is 5.56 Å². The van der Waals surface area contributed by atoms with Crippen LogP contribution in [0.2, 0.25) is 5.02 Å². The lowest BCUT2D eigenvalue weighted by Crippen LogP contribution is -2.36. The lowest BCUT2D eigenvalue weighted by atomic mass is 9.89. The van der Waals surface area contributed by atoms with Crippen LogP contribution in [0.5, 0.6) is 0 Å². The van der Waals surface area contributed by atoms with E-state index in [-0.39, 0.29) is 35.3 Å². The number of benzene rings is 2. The van der Waals surface area contributed by atoms with Crippen molar-refractivity contribution in [3.05, 3.63) is 70.5 Å². The highest BCUT2D eigenvalue weighted by atomic mass is 35.5. The van der Waals surface area contributed by atoms with E-state index >= 15 is 0 Å². The second kappa shape index (κ2) is 6.97. The third-order valence-corrected chi connectivity index (χ3v) is 5.89. The van der Waals surface area contributed by atoms with Gasteiger partial charge in [-0.2, -0.15) is 0 Å². The SMILES string of the molecule is CC(=O)N1C[C@H]2CN(C(=O)c3cc(Cl)ccc3F)C[C@H]2[C@@H]1c1ccccc1. The lowest BCUT2D eigenvalue weighted by Gasteiger charge is -2.29. The van der Waals surface area contributed by atoms with Gasteiger partial charge in [0.05, 0.1) is 11.6 Å². The fourth-order valence-corrected chi connectivity index (χ4v) is 4.62. The fraction of sp³-hybridized carbons (Fsp3) is 0.333. The van der Waals surface area contributed by atoms with Crippen molar-refractivity contribution in [2.75, 3.05) is 19.6 Å². The average molecular weight is 387 g/mol. The van der Waals surface area contributed by atoms with Crippen LogP contribution >= 0.6 is 11.6 Å². The van der Waals surface area contributed by atoms with Gasteiger partial charge >= 0.3 is 0 Å². The molecule has 0 radical (unpaired) electrons. The standard InChI is InChI=1S/C21H20ClFN2O2/c1-13(26)25-11-15-10-24(21(27)17-9-16(22)7-8-19(17)23)12-18(15)20(25)14-5-3-2-4-6-14/h2-9,15,18,20H,10-12H2,1H3/t15-,18-,20+/m1/s1. The number of likely N-dealkylation sites (tertiary alicyclic amines) is 2. The molecule has 2 saturated heterocycles. The van der Waals surface area contributed by atoms with Gasteiger partial charge in [0.2, 0.25) is 5.91 Å².